The molecule has 1 rings (SSSR count). The SMILES string of the molecule is [N-]=[N+]=Nc1ccccc1C(=O)NCC(=O)O. The second-order valence-corrected chi connectivity index (χ2v) is 2.78. The van der Waals surface area contributed by atoms with E-state index in [1.165, 1.54) is 12.1 Å². The van der Waals surface area contributed by atoms with Crippen molar-refractivity contribution in [1.82, 2.24) is 5.32 Å². The number of aliphatic carboxylic acids is 1. The molecule has 0 heterocycles. The normalized spacial score (nSPS) is 9.00. The maximum Gasteiger partial charge on any atom is 0.322 e. The third-order valence-corrected chi connectivity index (χ3v) is 1.70. The molecular formula is C9H8N4O3. The Morgan fingerprint density at radius 1 is 1.44 bits per heavy atom. The topological polar surface area (TPSA) is 115 Å². The summed E-state index contributed by atoms with van der Waals surface area (Å²) in [5, 5.41) is 13.9. The van der Waals surface area contributed by atoms with Crippen LogP contribution < -0.4 is 5.32 Å². The van der Waals surface area contributed by atoms with Crippen LogP contribution in [0.15, 0.2) is 29.4 Å². The lowest BCUT2D eigenvalue weighted by Crippen LogP contribution is -2.29. The van der Waals surface area contributed by atoms with Crippen LogP contribution in [0, 0.1) is 0 Å². The van der Waals surface area contributed by atoms with E-state index in [1.54, 1.807) is 12.1 Å². The molecule has 1 aromatic rings. The van der Waals surface area contributed by atoms with Gasteiger partial charge in [-0.1, -0.05) is 23.3 Å². The highest BCUT2D eigenvalue weighted by atomic mass is 16.4. The van der Waals surface area contributed by atoms with Gasteiger partial charge < -0.3 is 10.4 Å². The fraction of sp³-hybridized carbons (Fsp3) is 0.111. The van der Waals surface area contributed by atoms with Gasteiger partial charge in [-0.3, -0.25) is 9.59 Å². The molecular weight excluding hydrogens is 212 g/mol. The van der Waals surface area contributed by atoms with E-state index in [-0.39, 0.29) is 11.3 Å². The summed E-state index contributed by atoms with van der Waals surface area (Å²) in [6.45, 7) is -0.483. The minimum absolute atomic E-state index is 0.140. The minimum atomic E-state index is -1.14. The van der Waals surface area contributed by atoms with Gasteiger partial charge in [0.2, 0.25) is 0 Å². The average molecular weight is 220 g/mol. The number of carbonyl (C=O) groups is 2. The summed E-state index contributed by atoms with van der Waals surface area (Å²) in [6, 6.07) is 6.11. The number of carboxylic acid groups (broad SMARTS) is 1. The fourth-order valence-electron chi connectivity index (χ4n) is 1.05. The average Bonchev–Trinajstić information content (AvgIpc) is 2.27. The molecule has 0 radical (unpaired) electrons. The van der Waals surface area contributed by atoms with Crippen molar-refractivity contribution in [2.24, 2.45) is 5.11 Å². The highest BCUT2D eigenvalue weighted by Gasteiger charge is 2.10. The first kappa shape index (κ1) is 11.5. The lowest BCUT2D eigenvalue weighted by atomic mass is 10.1. The van der Waals surface area contributed by atoms with Crippen molar-refractivity contribution in [3.8, 4) is 0 Å². The van der Waals surface area contributed by atoms with Crippen molar-refractivity contribution >= 4 is 17.6 Å². The number of amides is 1. The highest BCUT2D eigenvalue weighted by Crippen LogP contribution is 2.18. The first-order chi connectivity index (χ1) is 7.65. The van der Waals surface area contributed by atoms with E-state index in [2.05, 4.69) is 15.3 Å². The van der Waals surface area contributed by atoms with E-state index in [1.807, 2.05) is 0 Å². The quantitative estimate of drug-likeness (QED) is 0.454. The molecule has 0 unspecified atom stereocenters. The molecule has 0 bridgehead atoms. The van der Waals surface area contributed by atoms with E-state index >= 15 is 0 Å². The molecule has 0 aliphatic rings. The van der Waals surface area contributed by atoms with E-state index in [0.717, 1.165) is 0 Å². The molecule has 0 aliphatic heterocycles. The molecule has 16 heavy (non-hydrogen) atoms. The minimum Gasteiger partial charge on any atom is -0.480 e. The predicted molar refractivity (Wildman–Crippen MR) is 55.2 cm³/mol. The Morgan fingerprint density at radius 3 is 2.75 bits per heavy atom. The van der Waals surface area contributed by atoms with Crippen LogP contribution in [0.2, 0.25) is 0 Å². The van der Waals surface area contributed by atoms with Crippen LogP contribution in [0.4, 0.5) is 5.69 Å². The Kier molecular flexibility index (Phi) is 3.88. The van der Waals surface area contributed by atoms with E-state index in [4.69, 9.17) is 10.6 Å². The zero-order chi connectivity index (χ0) is 12.0. The third kappa shape index (κ3) is 3.00. The van der Waals surface area contributed by atoms with Crippen molar-refractivity contribution < 1.29 is 14.7 Å². The number of nitrogens with one attached hydrogen (secondary N) is 1. The van der Waals surface area contributed by atoms with Gasteiger partial charge in [-0.2, -0.15) is 0 Å². The van der Waals surface area contributed by atoms with Gasteiger partial charge in [-0.05, 0) is 11.6 Å². The predicted octanol–water partition coefficient (Wildman–Crippen LogP) is 1.44. The molecule has 2 N–H and O–H groups in total. The van der Waals surface area contributed by atoms with Gasteiger partial charge in [0.05, 0.1) is 5.69 Å². The highest BCUT2D eigenvalue weighted by molar-refractivity contribution is 6.00. The van der Waals surface area contributed by atoms with E-state index < -0.39 is 18.4 Å². The molecule has 0 atom stereocenters. The van der Waals surface area contributed by atoms with E-state index in [0.29, 0.717) is 0 Å². The van der Waals surface area contributed by atoms with Gasteiger partial charge in [0.1, 0.15) is 6.54 Å². The fourth-order valence-corrected chi connectivity index (χ4v) is 1.05. The zero-order valence-corrected chi connectivity index (χ0v) is 8.12. The molecule has 0 saturated carbocycles. The number of nitrogens with zero attached hydrogens (tertiary/aromatic N) is 3. The Balaban J connectivity index is 2.90. The molecule has 7 heteroatoms. The molecule has 0 spiro atoms. The van der Waals surface area contributed by atoms with Crippen LogP contribution in [0.25, 0.3) is 10.4 Å². The van der Waals surface area contributed by atoms with Gasteiger partial charge in [-0.15, -0.1) is 0 Å². The second-order valence-electron chi connectivity index (χ2n) is 2.78. The van der Waals surface area contributed by atoms with Crippen LogP contribution in [-0.2, 0) is 4.79 Å². The zero-order valence-electron chi connectivity index (χ0n) is 8.12. The van der Waals surface area contributed by atoms with Gasteiger partial charge >= 0.3 is 5.97 Å². The Labute approximate surface area is 90.3 Å². The van der Waals surface area contributed by atoms with Gasteiger partial charge in [0.15, 0.2) is 0 Å². The van der Waals surface area contributed by atoms with Gasteiger partial charge in [-0.25, -0.2) is 0 Å². The standard InChI is InChI=1S/C9H8N4O3/c10-13-12-7-4-2-1-3-6(7)9(16)11-5-8(14)15/h1-4H,5H2,(H,11,16)(H,14,15). The number of hydrogen-bond donors (Lipinski definition) is 2. The molecule has 0 aromatic heterocycles. The summed E-state index contributed by atoms with van der Waals surface area (Å²) in [5.74, 6) is -1.74. The number of carboxylic acids is 1. The largest absolute Gasteiger partial charge is 0.480 e. The third-order valence-electron chi connectivity index (χ3n) is 1.70. The van der Waals surface area contributed by atoms with Crippen LogP contribution >= 0.6 is 0 Å². The first-order valence-electron chi connectivity index (χ1n) is 4.29. The summed E-state index contributed by atoms with van der Waals surface area (Å²) >= 11 is 0. The Morgan fingerprint density at radius 2 is 2.12 bits per heavy atom. The number of azide groups is 1. The van der Waals surface area contributed by atoms with E-state index in [9.17, 15) is 9.59 Å². The summed E-state index contributed by atoms with van der Waals surface area (Å²) < 4.78 is 0. The number of carbonyl (C=O) groups excluding carboxylic acids is 1. The van der Waals surface area contributed by atoms with Crippen molar-refractivity contribution in [3.05, 3.63) is 40.3 Å². The van der Waals surface area contributed by atoms with Crippen molar-refractivity contribution in [1.29, 1.82) is 0 Å². The van der Waals surface area contributed by atoms with Crippen molar-refractivity contribution in [3.63, 3.8) is 0 Å². The number of benzene rings is 1. The lowest BCUT2D eigenvalue weighted by Gasteiger charge is -2.04. The summed E-state index contributed by atoms with van der Waals surface area (Å²) in [4.78, 5) is 24.3. The molecule has 1 aromatic carbocycles. The monoisotopic (exact) mass is 220 g/mol. The Hall–Kier alpha value is -2.53. The smallest absolute Gasteiger partial charge is 0.322 e. The maximum absolute atomic E-state index is 11.5. The molecule has 1 amide bonds. The molecule has 0 fully saturated rings. The number of rotatable bonds is 4. The molecule has 7 nitrogen and oxygen atoms in total. The van der Waals surface area contributed by atoms with Crippen molar-refractivity contribution in [2.75, 3.05) is 6.54 Å². The van der Waals surface area contributed by atoms with Crippen LogP contribution in [-0.4, -0.2) is 23.5 Å². The van der Waals surface area contributed by atoms with Crippen LogP contribution in [0.1, 0.15) is 10.4 Å². The second kappa shape index (κ2) is 5.38. The Bertz CT molecular complexity index is 466. The van der Waals surface area contributed by atoms with Crippen LogP contribution in [0.3, 0.4) is 0 Å². The summed E-state index contributed by atoms with van der Waals surface area (Å²) in [7, 11) is 0. The maximum atomic E-state index is 11.5. The first-order valence-corrected chi connectivity index (χ1v) is 4.29. The van der Waals surface area contributed by atoms with Crippen molar-refractivity contribution in [2.45, 2.75) is 0 Å². The van der Waals surface area contributed by atoms with Gasteiger partial charge in [0.25, 0.3) is 5.91 Å². The molecule has 82 valence electrons. The summed E-state index contributed by atoms with van der Waals surface area (Å²) in [6.07, 6.45) is 0. The molecule has 0 saturated heterocycles. The van der Waals surface area contributed by atoms with Gasteiger partial charge in [0, 0.05) is 10.5 Å². The number of hydrogen-bond acceptors (Lipinski definition) is 3. The molecule has 0 aliphatic carbocycles. The lowest BCUT2D eigenvalue weighted by molar-refractivity contribution is -0.135. The van der Waals surface area contributed by atoms with Crippen LogP contribution in [0.5, 0.6) is 0 Å². The summed E-state index contributed by atoms with van der Waals surface area (Å²) in [5.41, 5.74) is 8.58.